The van der Waals surface area contributed by atoms with Crippen molar-refractivity contribution in [3.05, 3.63) is 59.4 Å². The van der Waals surface area contributed by atoms with Gasteiger partial charge in [0.15, 0.2) is 0 Å². The number of para-hydroxylation sites is 2. The van der Waals surface area contributed by atoms with Crippen molar-refractivity contribution in [2.24, 2.45) is 5.73 Å². The summed E-state index contributed by atoms with van der Waals surface area (Å²) in [5, 5.41) is 11.0. The second-order valence-electron chi connectivity index (χ2n) is 5.69. The van der Waals surface area contributed by atoms with E-state index in [1.54, 1.807) is 28.8 Å². The molecule has 0 aliphatic heterocycles. The molecule has 0 radical (unpaired) electrons. The average Bonchev–Trinajstić information content (AvgIpc) is 2.91. The lowest BCUT2D eigenvalue weighted by molar-refractivity contribution is -0.117. The van der Waals surface area contributed by atoms with Crippen LogP contribution in [0.5, 0.6) is 5.75 Å². The van der Waals surface area contributed by atoms with Gasteiger partial charge < -0.3 is 20.1 Å². The molecule has 130 valence electrons. The second kappa shape index (κ2) is 7.55. The SMILES string of the molecule is NC(=O)Cc1nc2ccccc2n1C[C@H](O)COc1ccc(Cl)cc1. The molecular weight excluding hydrogens is 342 g/mol. The topological polar surface area (TPSA) is 90.4 Å². The van der Waals surface area contributed by atoms with E-state index in [-0.39, 0.29) is 19.6 Å². The number of nitrogens with two attached hydrogens (primary N) is 1. The Bertz CT molecular complexity index is 877. The lowest BCUT2D eigenvalue weighted by Crippen LogP contribution is -2.26. The molecule has 2 aromatic carbocycles. The van der Waals surface area contributed by atoms with Gasteiger partial charge in [-0.3, -0.25) is 4.79 Å². The van der Waals surface area contributed by atoms with Crippen LogP contribution in [-0.2, 0) is 17.8 Å². The molecule has 0 saturated carbocycles. The van der Waals surface area contributed by atoms with Crippen molar-refractivity contribution in [2.75, 3.05) is 6.61 Å². The van der Waals surface area contributed by atoms with E-state index in [1.165, 1.54) is 0 Å². The summed E-state index contributed by atoms with van der Waals surface area (Å²) in [6, 6.07) is 14.4. The molecule has 3 rings (SSSR count). The minimum absolute atomic E-state index is 0.0133. The first-order valence-corrected chi connectivity index (χ1v) is 8.19. The number of halogens is 1. The van der Waals surface area contributed by atoms with Crippen molar-refractivity contribution in [3.63, 3.8) is 0 Å². The Morgan fingerprint density at radius 3 is 2.68 bits per heavy atom. The molecule has 0 saturated heterocycles. The zero-order valence-electron chi connectivity index (χ0n) is 13.4. The fourth-order valence-electron chi connectivity index (χ4n) is 2.61. The zero-order valence-corrected chi connectivity index (χ0v) is 14.2. The van der Waals surface area contributed by atoms with Gasteiger partial charge in [0.05, 0.1) is 24.0 Å². The highest BCUT2D eigenvalue weighted by Crippen LogP contribution is 2.18. The Labute approximate surface area is 149 Å². The third-order valence-electron chi connectivity index (χ3n) is 3.72. The van der Waals surface area contributed by atoms with Crippen molar-refractivity contribution in [1.29, 1.82) is 0 Å². The number of fused-ring (bicyclic) bond motifs is 1. The third-order valence-corrected chi connectivity index (χ3v) is 3.97. The minimum Gasteiger partial charge on any atom is -0.491 e. The van der Waals surface area contributed by atoms with Crippen molar-refractivity contribution in [1.82, 2.24) is 9.55 Å². The molecular formula is C18H18ClN3O3. The predicted molar refractivity (Wildman–Crippen MR) is 95.6 cm³/mol. The molecule has 7 heteroatoms. The van der Waals surface area contributed by atoms with Crippen molar-refractivity contribution >= 4 is 28.5 Å². The van der Waals surface area contributed by atoms with E-state index in [2.05, 4.69) is 4.98 Å². The maximum atomic E-state index is 11.3. The van der Waals surface area contributed by atoms with Gasteiger partial charge in [-0.2, -0.15) is 0 Å². The molecule has 0 spiro atoms. The van der Waals surface area contributed by atoms with Crippen LogP contribution in [0.15, 0.2) is 48.5 Å². The number of rotatable bonds is 7. The molecule has 0 bridgehead atoms. The number of carbonyl (C=O) groups excluding carboxylic acids is 1. The maximum absolute atomic E-state index is 11.3. The number of hydrogen-bond acceptors (Lipinski definition) is 4. The summed E-state index contributed by atoms with van der Waals surface area (Å²) < 4.78 is 7.37. The second-order valence-corrected chi connectivity index (χ2v) is 6.13. The fourth-order valence-corrected chi connectivity index (χ4v) is 2.73. The number of aromatic nitrogens is 2. The zero-order chi connectivity index (χ0) is 17.8. The molecule has 1 amide bonds. The van der Waals surface area contributed by atoms with Gasteiger partial charge in [0.1, 0.15) is 24.3 Å². The highest BCUT2D eigenvalue weighted by Gasteiger charge is 2.16. The molecule has 1 aromatic heterocycles. The van der Waals surface area contributed by atoms with Crippen LogP contribution in [0.1, 0.15) is 5.82 Å². The highest BCUT2D eigenvalue weighted by molar-refractivity contribution is 6.30. The van der Waals surface area contributed by atoms with Crippen LogP contribution in [0.2, 0.25) is 5.02 Å². The number of nitrogens with zero attached hydrogens (tertiary/aromatic N) is 2. The molecule has 0 unspecified atom stereocenters. The Morgan fingerprint density at radius 1 is 1.24 bits per heavy atom. The maximum Gasteiger partial charge on any atom is 0.225 e. The number of amides is 1. The van der Waals surface area contributed by atoms with Gasteiger partial charge in [0, 0.05) is 5.02 Å². The quantitative estimate of drug-likeness (QED) is 0.676. The van der Waals surface area contributed by atoms with Crippen LogP contribution in [-0.4, -0.2) is 33.3 Å². The number of hydrogen-bond donors (Lipinski definition) is 2. The van der Waals surface area contributed by atoms with Gasteiger partial charge in [0.25, 0.3) is 0 Å². The molecule has 6 nitrogen and oxygen atoms in total. The number of primary amides is 1. The van der Waals surface area contributed by atoms with Crippen molar-refractivity contribution in [2.45, 2.75) is 19.1 Å². The molecule has 1 atom stereocenters. The Morgan fingerprint density at radius 2 is 1.96 bits per heavy atom. The first-order valence-electron chi connectivity index (χ1n) is 7.82. The van der Waals surface area contributed by atoms with Gasteiger partial charge in [-0.25, -0.2) is 4.98 Å². The number of carbonyl (C=O) groups is 1. The number of benzene rings is 2. The number of aliphatic hydroxyl groups excluding tert-OH is 1. The molecule has 3 N–H and O–H groups in total. The van der Waals surface area contributed by atoms with Crippen LogP contribution in [0.3, 0.4) is 0 Å². The fraction of sp³-hybridized carbons (Fsp3) is 0.222. The van der Waals surface area contributed by atoms with E-state index >= 15 is 0 Å². The van der Waals surface area contributed by atoms with Crippen LogP contribution in [0.4, 0.5) is 0 Å². The summed E-state index contributed by atoms with van der Waals surface area (Å²) in [7, 11) is 0. The van der Waals surface area contributed by atoms with Gasteiger partial charge in [-0.15, -0.1) is 0 Å². The van der Waals surface area contributed by atoms with Crippen molar-refractivity contribution < 1.29 is 14.6 Å². The molecule has 25 heavy (non-hydrogen) atoms. The van der Waals surface area contributed by atoms with Crippen molar-refractivity contribution in [3.8, 4) is 5.75 Å². The van der Waals surface area contributed by atoms with Gasteiger partial charge in [-0.05, 0) is 36.4 Å². The van der Waals surface area contributed by atoms with E-state index in [1.807, 2.05) is 24.3 Å². The first-order chi connectivity index (χ1) is 12.0. The molecule has 0 aliphatic carbocycles. The first kappa shape index (κ1) is 17.3. The Kier molecular flexibility index (Phi) is 5.21. The summed E-state index contributed by atoms with van der Waals surface area (Å²) in [4.78, 5) is 15.7. The minimum atomic E-state index is -0.778. The third kappa shape index (κ3) is 4.29. The molecule has 3 aromatic rings. The lowest BCUT2D eigenvalue weighted by Gasteiger charge is -2.15. The normalized spacial score (nSPS) is 12.2. The predicted octanol–water partition coefficient (Wildman–Crippen LogP) is 2.16. The van der Waals surface area contributed by atoms with Crippen LogP contribution < -0.4 is 10.5 Å². The van der Waals surface area contributed by atoms with Crippen LogP contribution in [0.25, 0.3) is 11.0 Å². The largest absolute Gasteiger partial charge is 0.491 e. The van der Waals surface area contributed by atoms with Crippen LogP contribution >= 0.6 is 11.6 Å². The summed E-state index contributed by atoms with van der Waals surface area (Å²) >= 11 is 5.83. The highest BCUT2D eigenvalue weighted by atomic mass is 35.5. The average molecular weight is 360 g/mol. The van der Waals surface area contributed by atoms with E-state index in [0.717, 1.165) is 11.0 Å². The monoisotopic (exact) mass is 359 g/mol. The Balaban J connectivity index is 1.74. The summed E-state index contributed by atoms with van der Waals surface area (Å²) in [5.74, 6) is 0.680. The van der Waals surface area contributed by atoms with Gasteiger partial charge in [0.2, 0.25) is 5.91 Å². The Hall–Kier alpha value is -2.57. The number of ether oxygens (including phenoxy) is 1. The molecule has 1 heterocycles. The van der Waals surface area contributed by atoms with E-state index in [9.17, 15) is 9.90 Å². The molecule has 0 fully saturated rings. The smallest absolute Gasteiger partial charge is 0.225 e. The molecule has 0 aliphatic rings. The lowest BCUT2D eigenvalue weighted by atomic mass is 10.3. The van der Waals surface area contributed by atoms with Gasteiger partial charge in [-0.1, -0.05) is 23.7 Å². The van der Waals surface area contributed by atoms with E-state index in [4.69, 9.17) is 22.1 Å². The van der Waals surface area contributed by atoms with Crippen LogP contribution in [0, 0.1) is 0 Å². The number of aliphatic hydroxyl groups is 1. The summed E-state index contributed by atoms with van der Waals surface area (Å²) in [6.45, 7) is 0.348. The summed E-state index contributed by atoms with van der Waals surface area (Å²) in [5.41, 5.74) is 6.89. The van der Waals surface area contributed by atoms with E-state index < -0.39 is 12.0 Å². The van der Waals surface area contributed by atoms with E-state index in [0.29, 0.717) is 16.6 Å². The standard InChI is InChI=1S/C18H18ClN3O3/c19-12-5-7-14(8-6-12)25-11-13(23)10-22-16-4-2-1-3-15(16)21-18(22)9-17(20)24/h1-8,13,23H,9-11H2,(H2,20,24)/t13-/m0/s1. The summed E-state index contributed by atoms with van der Waals surface area (Å²) in [6.07, 6.45) is -0.765. The van der Waals surface area contributed by atoms with Gasteiger partial charge >= 0.3 is 0 Å². The number of imidazole rings is 1.